The van der Waals surface area contributed by atoms with Gasteiger partial charge in [-0.25, -0.2) is 4.63 Å². The molecule has 82 valence electrons. The van der Waals surface area contributed by atoms with Crippen LogP contribution in [0.5, 0.6) is 0 Å². The Morgan fingerprint density at radius 1 is 1.33 bits per heavy atom. The summed E-state index contributed by atoms with van der Waals surface area (Å²) in [6.07, 6.45) is 0. The molecule has 0 amide bonds. The number of likely N-dealkylation sites (tertiary alicyclic amines) is 1. The van der Waals surface area contributed by atoms with Crippen LogP contribution >= 0.6 is 0 Å². The first-order valence-corrected chi connectivity index (χ1v) is 5.54. The number of hydrogen-bond donors (Lipinski definition) is 1. The average molecular weight is 208 g/mol. The van der Waals surface area contributed by atoms with Crippen LogP contribution in [0.4, 0.5) is 0 Å². The van der Waals surface area contributed by atoms with Crippen LogP contribution in [0.2, 0.25) is 0 Å². The van der Waals surface area contributed by atoms with Gasteiger partial charge in [-0.05, 0) is 31.8 Å². The highest BCUT2D eigenvalue weighted by Gasteiger charge is 2.36. The summed E-state index contributed by atoms with van der Waals surface area (Å²) in [5.74, 6) is 1.68. The number of hydrogen-bond acceptors (Lipinski definition) is 5. The van der Waals surface area contributed by atoms with Gasteiger partial charge in [0.1, 0.15) is 11.4 Å². The van der Waals surface area contributed by atoms with E-state index >= 15 is 0 Å². The molecule has 2 atom stereocenters. The lowest BCUT2D eigenvalue weighted by Gasteiger charge is -2.14. The Balaban J connectivity index is 1.64. The van der Waals surface area contributed by atoms with Gasteiger partial charge in [0.25, 0.3) is 0 Å². The van der Waals surface area contributed by atoms with Gasteiger partial charge >= 0.3 is 0 Å². The molecule has 2 fully saturated rings. The van der Waals surface area contributed by atoms with Crippen molar-refractivity contribution in [2.45, 2.75) is 13.5 Å². The van der Waals surface area contributed by atoms with Crippen LogP contribution in [0.25, 0.3) is 0 Å². The molecule has 0 saturated carbocycles. The van der Waals surface area contributed by atoms with Crippen molar-refractivity contribution in [3.05, 3.63) is 11.4 Å². The third-order valence-electron chi connectivity index (χ3n) is 3.58. The van der Waals surface area contributed by atoms with Crippen LogP contribution in [0.15, 0.2) is 4.63 Å². The third-order valence-corrected chi connectivity index (χ3v) is 3.58. The second kappa shape index (κ2) is 3.57. The van der Waals surface area contributed by atoms with Crippen LogP contribution in [0.3, 0.4) is 0 Å². The summed E-state index contributed by atoms with van der Waals surface area (Å²) in [6, 6.07) is 0. The Bertz CT molecular complexity index is 339. The van der Waals surface area contributed by atoms with Crippen molar-refractivity contribution in [3.63, 3.8) is 0 Å². The zero-order valence-corrected chi connectivity index (χ0v) is 8.94. The zero-order chi connectivity index (χ0) is 10.3. The van der Waals surface area contributed by atoms with E-state index in [-0.39, 0.29) is 0 Å². The summed E-state index contributed by atoms with van der Waals surface area (Å²) in [7, 11) is 0. The topological polar surface area (TPSA) is 54.2 Å². The Kier molecular flexibility index (Phi) is 2.21. The molecule has 1 N–H and O–H groups in total. The number of rotatable bonds is 2. The number of nitrogens with one attached hydrogen (secondary N) is 1. The number of aromatic nitrogens is 2. The van der Waals surface area contributed by atoms with E-state index in [1.54, 1.807) is 0 Å². The molecule has 3 rings (SSSR count). The summed E-state index contributed by atoms with van der Waals surface area (Å²) < 4.78 is 4.71. The second-order valence-electron chi connectivity index (χ2n) is 4.67. The van der Waals surface area contributed by atoms with Crippen LogP contribution in [0.1, 0.15) is 11.4 Å². The van der Waals surface area contributed by atoms with Crippen molar-refractivity contribution >= 4 is 0 Å². The van der Waals surface area contributed by atoms with Crippen LogP contribution in [-0.2, 0) is 6.54 Å². The smallest absolute Gasteiger partial charge is 0.122 e. The maximum Gasteiger partial charge on any atom is 0.122 e. The number of fused-ring (bicyclic) bond motifs is 1. The first-order valence-electron chi connectivity index (χ1n) is 5.54. The molecule has 0 unspecified atom stereocenters. The molecule has 1 aromatic rings. The molecule has 2 aliphatic heterocycles. The molecule has 0 radical (unpaired) electrons. The van der Waals surface area contributed by atoms with E-state index in [1.165, 1.54) is 26.2 Å². The fraction of sp³-hybridized carbons (Fsp3) is 0.800. The summed E-state index contributed by atoms with van der Waals surface area (Å²) in [6.45, 7) is 7.56. The highest BCUT2D eigenvalue weighted by molar-refractivity contribution is 5.05. The first-order chi connectivity index (χ1) is 7.33. The maximum absolute atomic E-state index is 4.71. The summed E-state index contributed by atoms with van der Waals surface area (Å²) >= 11 is 0. The summed E-state index contributed by atoms with van der Waals surface area (Å²) in [5, 5.41) is 11.2. The lowest BCUT2D eigenvalue weighted by atomic mass is 10.0. The molecule has 5 nitrogen and oxygen atoms in total. The largest absolute Gasteiger partial charge is 0.316 e. The van der Waals surface area contributed by atoms with Crippen molar-refractivity contribution in [3.8, 4) is 0 Å². The van der Waals surface area contributed by atoms with Crippen molar-refractivity contribution in [2.24, 2.45) is 11.8 Å². The van der Waals surface area contributed by atoms with E-state index in [0.717, 1.165) is 29.8 Å². The Morgan fingerprint density at radius 3 is 2.67 bits per heavy atom. The van der Waals surface area contributed by atoms with Gasteiger partial charge < -0.3 is 5.32 Å². The monoisotopic (exact) mass is 208 g/mol. The molecular formula is C10H16N4O. The van der Waals surface area contributed by atoms with Crippen LogP contribution in [0, 0.1) is 18.8 Å². The molecule has 0 bridgehead atoms. The molecule has 0 spiro atoms. The number of aryl methyl sites for hydroxylation is 1. The molecular weight excluding hydrogens is 192 g/mol. The molecule has 3 heterocycles. The van der Waals surface area contributed by atoms with Crippen LogP contribution in [-0.4, -0.2) is 41.4 Å². The predicted octanol–water partition coefficient (Wildman–Crippen LogP) is 0.0292. The van der Waals surface area contributed by atoms with Crippen molar-refractivity contribution in [2.75, 3.05) is 26.2 Å². The van der Waals surface area contributed by atoms with E-state index < -0.39 is 0 Å². The Hall–Kier alpha value is -0.940. The standard InChI is InChI=1S/C10H16N4O/c1-7-10(13-15-12-7)6-14-4-8-2-11-3-9(8)5-14/h8-9,11H,2-6H2,1H3/t8-,9+. The van der Waals surface area contributed by atoms with Gasteiger partial charge in [-0.15, -0.1) is 0 Å². The molecule has 2 aliphatic rings. The van der Waals surface area contributed by atoms with Crippen molar-refractivity contribution < 1.29 is 4.63 Å². The highest BCUT2D eigenvalue weighted by atomic mass is 16.6. The SMILES string of the molecule is Cc1nonc1CN1C[C@H]2CNC[C@H]2C1. The minimum absolute atomic E-state index is 0.838. The lowest BCUT2D eigenvalue weighted by molar-refractivity contribution is 0.274. The summed E-state index contributed by atoms with van der Waals surface area (Å²) in [5.41, 5.74) is 1.91. The molecule has 15 heavy (non-hydrogen) atoms. The van der Waals surface area contributed by atoms with Crippen molar-refractivity contribution in [1.82, 2.24) is 20.5 Å². The van der Waals surface area contributed by atoms with E-state index in [9.17, 15) is 0 Å². The molecule has 2 saturated heterocycles. The van der Waals surface area contributed by atoms with Gasteiger partial charge in [-0.3, -0.25) is 4.90 Å². The average Bonchev–Trinajstić information content (AvgIpc) is 2.83. The van der Waals surface area contributed by atoms with Gasteiger partial charge in [0.2, 0.25) is 0 Å². The van der Waals surface area contributed by atoms with E-state index in [4.69, 9.17) is 4.63 Å². The van der Waals surface area contributed by atoms with E-state index in [2.05, 4.69) is 20.5 Å². The molecule has 0 aliphatic carbocycles. The van der Waals surface area contributed by atoms with Crippen LogP contribution < -0.4 is 5.32 Å². The van der Waals surface area contributed by atoms with Gasteiger partial charge in [0, 0.05) is 19.6 Å². The van der Waals surface area contributed by atoms with E-state index in [0.29, 0.717) is 0 Å². The second-order valence-corrected chi connectivity index (χ2v) is 4.67. The van der Waals surface area contributed by atoms with Gasteiger partial charge in [-0.1, -0.05) is 10.3 Å². The maximum atomic E-state index is 4.71. The number of nitrogens with zero attached hydrogens (tertiary/aromatic N) is 3. The fourth-order valence-corrected chi connectivity index (χ4v) is 2.69. The third kappa shape index (κ3) is 1.66. The predicted molar refractivity (Wildman–Crippen MR) is 54.2 cm³/mol. The van der Waals surface area contributed by atoms with Gasteiger partial charge in [-0.2, -0.15) is 0 Å². The minimum Gasteiger partial charge on any atom is -0.316 e. The van der Waals surface area contributed by atoms with Gasteiger partial charge in [0.15, 0.2) is 0 Å². The lowest BCUT2D eigenvalue weighted by Crippen LogP contribution is -2.25. The fourth-order valence-electron chi connectivity index (χ4n) is 2.69. The zero-order valence-electron chi connectivity index (χ0n) is 8.94. The normalized spacial score (nSPS) is 31.0. The van der Waals surface area contributed by atoms with E-state index in [1.807, 2.05) is 6.92 Å². The quantitative estimate of drug-likeness (QED) is 0.743. The van der Waals surface area contributed by atoms with Gasteiger partial charge in [0.05, 0.1) is 0 Å². The minimum atomic E-state index is 0.838. The van der Waals surface area contributed by atoms with Crippen molar-refractivity contribution in [1.29, 1.82) is 0 Å². The molecule has 5 heteroatoms. The molecule has 0 aromatic carbocycles. The first kappa shape index (κ1) is 9.30. The Labute approximate surface area is 88.8 Å². The highest BCUT2D eigenvalue weighted by Crippen LogP contribution is 2.27. The Morgan fingerprint density at radius 2 is 2.07 bits per heavy atom. The molecule has 1 aromatic heterocycles. The summed E-state index contributed by atoms with van der Waals surface area (Å²) in [4.78, 5) is 2.46.